The van der Waals surface area contributed by atoms with Crippen LogP contribution in [0.1, 0.15) is 12.8 Å². The van der Waals surface area contributed by atoms with Crippen molar-refractivity contribution in [1.82, 2.24) is 0 Å². The monoisotopic (exact) mass is 114 g/mol. The van der Waals surface area contributed by atoms with Crippen LogP contribution in [0.5, 0.6) is 0 Å². The molecule has 2 nitrogen and oxygen atoms in total. The van der Waals surface area contributed by atoms with Crippen LogP contribution in [0.4, 0.5) is 0 Å². The van der Waals surface area contributed by atoms with E-state index < -0.39 is 0 Å². The molecule has 0 heterocycles. The fourth-order valence-electron chi connectivity index (χ4n) is 0.395. The van der Waals surface area contributed by atoms with Crippen molar-refractivity contribution in [3.8, 4) is 0 Å². The Morgan fingerprint density at radius 3 is 2.75 bits per heavy atom. The van der Waals surface area contributed by atoms with Crippen LogP contribution < -0.4 is 0 Å². The Morgan fingerprint density at radius 2 is 2.38 bits per heavy atom. The first kappa shape index (κ1) is 7.63. The van der Waals surface area contributed by atoms with Crippen molar-refractivity contribution < 1.29 is 9.90 Å². The van der Waals surface area contributed by atoms with Crippen LogP contribution in [-0.2, 0) is 4.79 Å². The molecule has 2 heteroatoms. The average Bonchev–Trinajstić information content (AvgIpc) is 1.83. The Hall–Kier alpha value is -0.370. The first-order valence-corrected chi connectivity index (χ1v) is 2.63. The van der Waals surface area contributed by atoms with Crippen LogP contribution in [0, 0.1) is 12.8 Å². The Kier molecular flexibility index (Phi) is 4.56. The van der Waals surface area contributed by atoms with Gasteiger partial charge in [0.25, 0.3) is 0 Å². The maximum Gasteiger partial charge on any atom is 0.123 e. The normalized spacial score (nSPS) is 13.2. The van der Waals surface area contributed by atoms with Crippen molar-refractivity contribution >= 4 is 6.29 Å². The lowest BCUT2D eigenvalue weighted by Gasteiger charge is -1.97. The SMILES string of the molecule is [CH][C@H](C=O)CCCO. The smallest absolute Gasteiger partial charge is 0.123 e. The molecule has 0 aliphatic rings. The zero-order valence-corrected chi connectivity index (χ0v) is 4.71. The fraction of sp³-hybridized carbons (Fsp3) is 0.667. The first-order chi connectivity index (χ1) is 3.81. The highest BCUT2D eigenvalue weighted by Crippen LogP contribution is 1.98. The van der Waals surface area contributed by atoms with Gasteiger partial charge in [0.15, 0.2) is 0 Å². The Balaban J connectivity index is 2.98. The summed E-state index contributed by atoms with van der Waals surface area (Å²) in [5.41, 5.74) is 0. The van der Waals surface area contributed by atoms with E-state index in [0.717, 1.165) is 0 Å². The van der Waals surface area contributed by atoms with Crippen molar-refractivity contribution in [1.29, 1.82) is 0 Å². The number of hydrogen-bond acceptors (Lipinski definition) is 2. The van der Waals surface area contributed by atoms with Crippen molar-refractivity contribution in [2.24, 2.45) is 5.92 Å². The molecule has 0 bridgehead atoms. The first-order valence-electron chi connectivity index (χ1n) is 2.63. The third-order valence-electron chi connectivity index (χ3n) is 0.870. The third kappa shape index (κ3) is 3.81. The molecule has 0 unspecified atom stereocenters. The Labute approximate surface area is 49.5 Å². The van der Waals surface area contributed by atoms with Crippen molar-refractivity contribution in [2.45, 2.75) is 12.8 Å². The van der Waals surface area contributed by atoms with Crippen molar-refractivity contribution in [2.75, 3.05) is 6.61 Å². The maximum absolute atomic E-state index is 9.80. The van der Waals surface area contributed by atoms with Crippen LogP contribution >= 0.6 is 0 Å². The van der Waals surface area contributed by atoms with Gasteiger partial charge < -0.3 is 9.90 Å². The topological polar surface area (TPSA) is 37.3 Å². The van der Waals surface area contributed by atoms with Crippen molar-refractivity contribution in [3.63, 3.8) is 0 Å². The molecule has 46 valence electrons. The molecular weight excluding hydrogens is 104 g/mol. The van der Waals surface area contributed by atoms with Gasteiger partial charge in [-0.15, -0.1) is 0 Å². The second kappa shape index (κ2) is 4.78. The minimum Gasteiger partial charge on any atom is -0.396 e. The minimum atomic E-state index is -0.387. The largest absolute Gasteiger partial charge is 0.396 e. The molecule has 8 heavy (non-hydrogen) atoms. The van der Waals surface area contributed by atoms with Gasteiger partial charge >= 0.3 is 0 Å². The van der Waals surface area contributed by atoms with E-state index in [0.29, 0.717) is 19.1 Å². The van der Waals surface area contributed by atoms with Gasteiger partial charge in [-0.25, -0.2) is 0 Å². The number of hydrogen-bond donors (Lipinski definition) is 1. The lowest BCUT2D eigenvalue weighted by molar-refractivity contribution is -0.110. The summed E-state index contributed by atoms with van der Waals surface area (Å²) >= 11 is 0. The van der Waals surface area contributed by atoms with Gasteiger partial charge in [0.05, 0.1) is 0 Å². The van der Waals surface area contributed by atoms with Crippen LogP contribution in [0.2, 0.25) is 0 Å². The second-order valence-corrected chi connectivity index (χ2v) is 1.67. The van der Waals surface area contributed by atoms with E-state index in [1.165, 1.54) is 0 Å². The fourth-order valence-corrected chi connectivity index (χ4v) is 0.395. The van der Waals surface area contributed by atoms with Gasteiger partial charge in [0, 0.05) is 12.5 Å². The summed E-state index contributed by atoms with van der Waals surface area (Å²) in [6.07, 6.45) is 1.88. The summed E-state index contributed by atoms with van der Waals surface area (Å²) < 4.78 is 0. The predicted octanol–water partition coefficient (Wildman–Crippen LogP) is 0.285. The summed E-state index contributed by atoms with van der Waals surface area (Å²) in [6.45, 7) is 5.29. The zero-order valence-electron chi connectivity index (χ0n) is 4.71. The number of aliphatic hydroxyl groups is 1. The molecule has 0 aromatic rings. The summed E-state index contributed by atoms with van der Waals surface area (Å²) in [7, 11) is 0. The van der Waals surface area contributed by atoms with Gasteiger partial charge in [0.2, 0.25) is 0 Å². The Morgan fingerprint density at radius 1 is 1.75 bits per heavy atom. The highest BCUT2D eigenvalue weighted by molar-refractivity contribution is 5.54. The molecule has 0 amide bonds. The average molecular weight is 114 g/mol. The molecule has 0 rings (SSSR count). The summed E-state index contributed by atoms with van der Waals surface area (Å²) in [5.74, 6) is -0.387. The van der Waals surface area contributed by atoms with Crippen LogP contribution in [0.25, 0.3) is 0 Å². The lowest BCUT2D eigenvalue weighted by Crippen LogP contribution is -1.96. The number of aliphatic hydroxyl groups excluding tert-OH is 1. The maximum atomic E-state index is 9.80. The molecule has 0 fully saturated rings. The summed E-state index contributed by atoms with van der Waals surface area (Å²) in [5, 5.41) is 8.24. The molecule has 1 N–H and O–H groups in total. The van der Waals surface area contributed by atoms with Crippen LogP contribution in [0.15, 0.2) is 0 Å². The molecule has 2 radical (unpaired) electrons. The van der Waals surface area contributed by atoms with E-state index in [4.69, 9.17) is 12.0 Å². The van der Waals surface area contributed by atoms with Gasteiger partial charge in [0.1, 0.15) is 6.29 Å². The highest BCUT2D eigenvalue weighted by atomic mass is 16.2. The van der Waals surface area contributed by atoms with E-state index in [1.807, 2.05) is 0 Å². The highest BCUT2D eigenvalue weighted by Gasteiger charge is 1.96. The molecule has 0 aliphatic carbocycles. The predicted molar refractivity (Wildman–Crippen MR) is 30.2 cm³/mol. The van der Waals surface area contributed by atoms with Crippen molar-refractivity contribution in [3.05, 3.63) is 6.92 Å². The van der Waals surface area contributed by atoms with Gasteiger partial charge in [-0.05, 0) is 19.8 Å². The van der Waals surface area contributed by atoms with E-state index >= 15 is 0 Å². The summed E-state index contributed by atoms with van der Waals surface area (Å²) in [4.78, 5) is 9.80. The molecular formula is C6H10O2. The minimum absolute atomic E-state index is 0.113. The summed E-state index contributed by atoms with van der Waals surface area (Å²) in [6, 6.07) is 0. The molecule has 0 saturated heterocycles. The van der Waals surface area contributed by atoms with Gasteiger partial charge in [-0.1, -0.05) is 0 Å². The number of aldehydes is 1. The molecule has 1 atom stereocenters. The van der Waals surface area contributed by atoms with E-state index in [2.05, 4.69) is 0 Å². The van der Waals surface area contributed by atoms with Gasteiger partial charge in [-0.2, -0.15) is 0 Å². The zero-order chi connectivity index (χ0) is 6.41. The molecule has 0 aromatic carbocycles. The van der Waals surface area contributed by atoms with Crippen LogP contribution in [-0.4, -0.2) is 18.0 Å². The molecule has 0 aliphatic heterocycles. The number of rotatable bonds is 4. The molecule has 0 aromatic heterocycles. The van der Waals surface area contributed by atoms with E-state index in [1.54, 1.807) is 0 Å². The Bertz CT molecular complexity index is 61.5. The molecule has 0 saturated carbocycles. The van der Waals surface area contributed by atoms with E-state index in [9.17, 15) is 4.79 Å². The lowest BCUT2D eigenvalue weighted by atomic mass is 10.1. The molecule has 0 spiro atoms. The standard InChI is InChI=1S/C6H10O2/c1-6(5-8)3-2-4-7/h1,5-7H,2-4H2/t6-/m0/s1. The van der Waals surface area contributed by atoms with Crippen LogP contribution in [0.3, 0.4) is 0 Å². The van der Waals surface area contributed by atoms with Gasteiger partial charge in [-0.3, -0.25) is 0 Å². The number of carbonyl (C=O) groups is 1. The third-order valence-corrected chi connectivity index (χ3v) is 0.870. The van der Waals surface area contributed by atoms with E-state index in [-0.39, 0.29) is 12.5 Å². The second-order valence-electron chi connectivity index (χ2n) is 1.67. The quantitative estimate of drug-likeness (QED) is 0.533. The number of carbonyl (C=O) groups excluding carboxylic acids is 1.